The number of pyridine rings is 1. The van der Waals surface area contributed by atoms with Crippen LogP contribution in [0.3, 0.4) is 0 Å². The van der Waals surface area contributed by atoms with E-state index in [1.165, 1.54) is 6.20 Å². The van der Waals surface area contributed by atoms with Crippen LogP contribution in [0.1, 0.15) is 10.4 Å². The Labute approximate surface area is 103 Å². The highest BCUT2D eigenvalue weighted by molar-refractivity contribution is 6.30. The zero-order chi connectivity index (χ0) is 12.3. The number of benzene rings is 1. The number of rotatable bonds is 2. The number of nitrogens with one attached hydrogen (secondary N) is 1. The van der Waals surface area contributed by atoms with Crippen LogP contribution < -0.4 is 11.1 Å². The molecule has 1 aromatic carbocycles. The van der Waals surface area contributed by atoms with E-state index < -0.39 is 0 Å². The average molecular weight is 248 g/mol. The minimum Gasteiger partial charge on any atom is -0.384 e. The Morgan fingerprint density at radius 1 is 1.18 bits per heavy atom. The van der Waals surface area contributed by atoms with Gasteiger partial charge in [-0.2, -0.15) is 0 Å². The van der Waals surface area contributed by atoms with Gasteiger partial charge in [0.05, 0.1) is 5.56 Å². The lowest BCUT2D eigenvalue weighted by Gasteiger charge is -2.04. The smallest absolute Gasteiger partial charge is 0.257 e. The Kier molecular flexibility index (Phi) is 3.25. The normalized spacial score (nSPS) is 9.94. The second kappa shape index (κ2) is 4.84. The molecule has 1 amide bonds. The minimum absolute atomic E-state index is 0.236. The van der Waals surface area contributed by atoms with Crippen molar-refractivity contribution < 1.29 is 4.79 Å². The number of nitrogens with zero attached hydrogens (tertiary/aromatic N) is 1. The molecule has 0 unspecified atom stereocenters. The molecule has 86 valence electrons. The molecule has 0 aliphatic heterocycles. The van der Waals surface area contributed by atoms with Crippen molar-refractivity contribution in [2.75, 3.05) is 11.1 Å². The summed E-state index contributed by atoms with van der Waals surface area (Å²) in [4.78, 5) is 15.6. The lowest BCUT2D eigenvalue weighted by Crippen LogP contribution is -2.12. The number of nitrogen functional groups attached to an aromatic ring is 1. The fourth-order valence-electron chi connectivity index (χ4n) is 1.28. The number of nitrogens with two attached hydrogens (primary N) is 1. The highest BCUT2D eigenvalue weighted by atomic mass is 35.5. The number of hydrogen-bond donors (Lipinski definition) is 2. The van der Waals surface area contributed by atoms with Crippen molar-refractivity contribution >= 4 is 29.0 Å². The predicted molar refractivity (Wildman–Crippen MR) is 68.1 cm³/mol. The second-order valence-corrected chi connectivity index (χ2v) is 3.87. The van der Waals surface area contributed by atoms with E-state index in [4.69, 9.17) is 17.3 Å². The van der Waals surface area contributed by atoms with Gasteiger partial charge in [0.1, 0.15) is 5.82 Å². The van der Waals surface area contributed by atoms with Gasteiger partial charge in [-0.15, -0.1) is 0 Å². The standard InChI is InChI=1S/C12H10ClN3O/c13-9-2-4-10(5-3-9)16-12(17)8-1-6-11(14)15-7-8/h1-7H,(H2,14,15)(H,16,17). The summed E-state index contributed by atoms with van der Waals surface area (Å²) >= 11 is 5.75. The Hall–Kier alpha value is -2.07. The topological polar surface area (TPSA) is 68.0 Å². The van der Waals surface area contributed by atoms with Gasteiger partial charge >= 0.3 is 0 Å². The maximum absolute atomic E-state index is 11.8. The number of amides is 1. The Balaban J connectivity index is 2.11. The molecule has 0 saturated heterocycles. The minimum atomic E-state index is -0.236. The largest absolute Gasteiger partial charge is 0.384 e. The summed E-state index contributed by atoms with van der Waals surface area (Å²) in [5.41, 5.74) is 6.57. The van der Waals surface area contributed by atoms with Crippen molar-refractivity contribution in [1.29, 1.82) is 0 Å². The van der Waals surface area contributed by atoms with Crippen molar-refractivity contribution in [3.63, 3.8) is 0 Å². The van der Waals surface area contributed by atoms with E-state index in [9.17, 15) is 4.79 Å². The first-order valence-electron chi connectivity index (χ1n) is 4.93. The molecule has 2 rings (SSSR count). The molecule has 0 radical (unpaired) electrons. The number of carbonyl (C=O) groups is 1. The number of halogens is 1. The number of carbonyl (C=O) groups excluding carboxylic acids is 1. The summed E-state index contributed by atoms with van der Waals surface area (Å²) < 4.78 is 0. The molecule has 0 fully saturated rings. The van der Waals surface area contributed by atoms with Gasteiger partial charge in [0.2, 0.25) is 0 Å². The van der Waals surface area contributed by atoms with Crippen LogP contribution in [0.15, 0.2) is 42.6 Å². The lowest BCUT2D eigenvalue weighted by atomic mass is 10.2. The third-order valence-electron chi connectivity index (χ3n) is 2.15. The molecule has 0 aliphatic rings. The summed E-state index contributed by atoms with van der Waals surface area (Å²) in [6.07, 6.45) is 1.43. The van der Waals surface area contributed by atoms with Crippen LogP contribution in [-0.2, 0) is 0 Å². The zero-order valence-electron chi connectivity index (χ0n) is 8.85. The van der Waals surface area contributed by atoms with Crippen molar-refractivity contribution in [3.8, 4) is 0 Å². The molecule has 1 aromatic heterocycles. The monoisotopic (exact) mass is 247 g/mol. The molecule has 0 spiro atoms. The summed E-state index contributed by atoms with van der Waals surface area (Å²) in [6.45, 7) is 0. The Morgan fingerprint density at radius 2 is 1.88 bits per heavy atom. The van der Waals surface area contributed by atoms with Gasteiger partial charge in [-0.25, -0.2) is 4.98 Å². The van der Waals surface area contributed by atoms with E-state index in [-0.39, 0.29) is 5.91 Å². The van der Waals surface area contributed by atoms with Crippen molar-refractivity contribution in [2.24, 2.45) is 0 Å². The summed E-state index contributed by atoms with van der Waals surface area (Å²) in [6, 6.07) is 10.1. The summed E-state index contributed by atoms with van der Waals surface area (Å²) in [7, 11) is 0. The molecule has 5 heteroatoms. The van der Waals surface area contributed by atoms with Crippen LogP contribution in [0, 0.1) is 0 Å². The fraction of sp³-hybridized carbons (Fsp3) is 0. The van der Waals surface area contributed by atoms with Gasteiger partial charge in [-0.1, -0.05) is 11.6 Å². The molecule has 3 N–H and O–H groups in total. The van der Waals surface area contributed by atoms with Gasteiger partial charge in [0, 0.05) is 16.9 Å². The van der Waals surface area contributed by atoms with Gasteiger partial charge in [-0.05, 0) is 36.4 Å². The van der Waals surface area contributed by atoms with Crippen LogP contribution in [0.2, 0.25) is 5.02 Å². The van der Waals surface area contributed by atoms with Crippen LogP contribution in [-0.4, -0.2) is 10.9 Å². The molecule has 0 aliphatic carbocycles. The van der Waals surface area contributed by atoms with Gasteiger partial charge in [-0.3, -0.25) is 4.79 Å². The van der Waals surface area contributed by atoms with E-state index in [0.717, 1.165) is 0 Å². The van der Waals surface area contributed by atoms with Crippen molar-refractivity contribution in [2.45, 2.75) is 0 Å². The highest BCUT2D eigenvalue weighted by Crippen LogP contribution is 2.14. The van der Waals surface area contributed by atoms with Gasteiger partial charge in [0.25, 0.3) is 5.91 Å². The first-order chi connectivity index (χ1) is 8.15. The Bertz CT molecular complexity index is 522. The second-order valence-electron chi connectivity index (χ2n) is 3.43. The van der Waals surface area contributed by atoms with E-state index in [1.54, 1.807) is 36.4 Å². The SMILES string of the molecule is Nc1ccc(C(=O)Nc2ccc(Cl)cc2)cn1. The van der Waals surface area contributed by atoms with Crippen molar-refractivity contribution in [3.05, 3.63) is 53.2 Å². The molecule has 0 atom stereocenters. The molecular formula is C12H10ClN3O. The van der Waals surface area contributed by atoms with Crippen LogP contribution >= 0.6 is 11.6 Å². The van der Waals surface area contributed by atoms with Crippen molar-refractivity contribution in [1.82, 2.24) is 4.98 Å². The lowest BCUT2D eigenvalue weighted by molar-refractivity contribution is 0.102. The van der Waals surface area contributed by atoms with E-state index in [0.29, 0.717) is 22.1 Å². The Morgan fingerprint density at radius 3 is 2.47 bits per heavy atom. The molecule has 2 aromatic rings. The third kappa shape index (κ3) is 2.95. The summed E-state index contributed by atoms with van der Waals surface area (Å²) in [5.74, 6) is 0.146. The number of anilines is 2. The van der Waals surface area contributed by atoms with Gasteiger partial charge < -0.3 is 11.1 Å². The molecule has 17 heavy (non-hydrogen) atoms. The molecule has 1 heterocycles. The average Bonchev–Trinajstić information content (AvgIpc) is 2.33. The maximum Gasteiger partial charge on any atom is 0.257 e. The zero-order valence-corrected chi connectivity index (χ0v) is 9.61. The van der Waals surface area contributed by atoms with E-state index in [2.05, 4.69) is 10.3 Å². The maximum atomic E-state index is 11.8. The molecule has 4 nitrogen and oxygen atoms in total. The first kappa shape index (κ1) is 11.4. The summed E-state index contributed by atoms with van der Waals surface area (Å²) in [5, 5.41) is 3.35. The van der Waals surface area contributed by atoms with Gasteiger partial charge in [0.15, 0.2) is 0 Å². The molecule has 0 saturated carbocycles. The van der Waals surface area contributed by atoms with Crippen LogP contribution in [0.25, 0.3) is 0 Å². The highest BCUT2D eigenvalue weighted by Gasteiger charge is 2.05. The fourth-order valence-corrected chi connectivity index (χ4v) is 1.40. The number of hydrogen-bond acceptors (Lipinski definition) is 3. The third-order valence-corrected chi connectivity index (χ3v) is 2.40. The molecule has 0 bridgehead atoms. The first-order valence-corrected chi connectivity index (χ1v) is 5.31. The van der Waals surface area contributed by atoms with Crippen LogP contribution in [0.5, 0.6) is 0 Å². The quantitative estimate of drug-likeness (QED) is 0.857. The van der Waals surface area contributed by atoms with E-state index >= 15 is 0 Å². The van der Waals surface area contributed by atoms with Crippen LogP contribution in [0.4, 0.5) is 11.5 Å². The molecular weight excluding hydrogens is 238 g/mol. The predicted octanol–water partition coefficient (Wildman–Crippen LogP) is 2.57. The van der Waals surface area contributed by atoms with E-state index in [1.807, 2.05) is 0 Å². The number of aromatic nitrogens is 1.